The monoisotopic (exact) mass is 297 g/mol. The molecule has 0 saturated carbocycles. The van der Waals surface area contributed by atoms with Gasteiger partial charge in [0.2, 0.25) is 10.0 Å². The largest absolute Gasteiger partial charge is 0.305 e. The van der Waals surface area contributed by atoms with Crippen molar-refractivity contribution in [2.45, 2.75) is 30.7 Å². The summed E-state index contributed by atoms with van der Waals surface area (Å²) < 4.78 is 26.8. The quantitative estimate of drug-likeness (QED) is 0.825. The van der Waals surface area contributed by atoms with Gasteiger partial charge in [-0.1, -0.05) is 13.3 Å². The lowest BCUT2D eigenvalue weighted by molar-refractivity contribution is 0.244. The summed E-state index contributed by atoms with van der Waals surface area (Å²) in [6.45, 7) is 3.31. The molecule has 2 unspecified atom stereocenters. The third-order valence-corrected chi connectivity index (χ3v) is 5.78. The van der Waals surface area contributed by atoms with E-state index in [1.807, 2.05) is 14.1 Å². The summed E-state index contributed by atoms with van der Waals surface area (Å²) >= 11 is 0. The predicted molar refractivity (Wildman–Crippen MR) is 78.9 cm³/mol. The molecule has 112 valence electrons. The van der Waals surface area contributed by atoms with Gasteiger partial charge in [-0.15, -0.1) is 0 Å². The maximum absolute atomic E-state index is 12.6. The van der Waals surface area contributed by atoms with E-state index in [9.17, 15) is 8.42 Å². The molecule has 2 heterocycles. The van der Waals surface area contributed by atoms with Crippen molar-refractivity contribution in [3.05, 3.63) is 24.5 Å². The van der Waals surface area contributed by atoms with Crippen molar-refractivity contribution < 1.29 is 8.42 Å². The molecule has 0 bridgehead atoms. The lowest BCUT2D eigenvalue weighted by Crippen LogP contribution is -2.36. The summed E-state index contributed by atoms with van der Waals surface area (Å²) in [7, 11) is 0.630. The zero-order valence-corrected chi connectivity index (χ0v) is 13.2. The molecule has 1 aromatic rings. The smallest absolute Gasteiger partial charge is 0.244 e. The molecule has 0 spiro atoms. The Hall–Kier alpha value is -0.980. The van der Waals surface area contributed by atoms with Crippen molar-refractivity contribution in [2.75, 3.05) is 27.2 Å². The summed E-state index contributed by atoms with van der Waals surface area (Å²) in [6.07, 6.45) is 5.15. The van der Waals surface area contributed by atoms with Crippen LogP contribution < -0.4 is 0 Å². The molecule has 1 aromatic heterocycles. The first-order chi connectivity index (χ1) is 9.46. The van der Waals surface area contributed by atoms with Crippen molar-refractivity contribution >= 4 is 10.0 Å². The highest BCUT2D eigenvalue weighted by atomic mass is 32.2. The molecule has 1 aliphatic rings. The maximum atomic E-state index is 12.6. The fourth-order valence-electron chi connectivity index (χ4n) is 2.90. The van der Waals surface area contributed by atoms with E-state index in [0.29, 0.717) is 25.0 Å². The van der Waals surface area contributed by atoms with Gasteiger partial charge in [0.1, 0.15) is 4.90 Å². The summed E-state index contributed by atoms with van der Waals surface area (Å²) in [5, 5.41) is 0. The van der Waals surface area contributed by atoms with Crippen LogP contribution in [0.1, 0.15) is 19.8 Å². The van der Waals surface area contributed by atoms with Crippen LogP contribution in [0.5, 0.6) is 0 Å². The van der Waals surface area contributed by atoms with E-state index in [-0.39, 0.29) is 4.90 Å². The van der Waals surface area contributed by atoms with Crippen molar-refractivity contribution in [3.63, 3.8) is 0 Å². The third kappa shape index (κ3) is 3.02. The van der Waals surface area contributed by atoms with Crippen molar-refractivity contribution in [1.29, 1.82) is 0 Å². The molecule has 20 heavy (non-hydrogen) atoms. The second-order valence-corrected chi connectivity index (χ2v) is 7.53. The first-order valence-electron chi connectivity index (χ1n) is 7.03. The SMILES string of the molecule is CCCC1CN(S(=O)(=O)c2cccnc2)CC1N(C)C. The highest BCUT2D eigenvalue weighted by molar-refractivity contribution is 7.89. The molecular formula is C14H23N3O2S. The molecular weight excluding hydrogens is 274 g/mol. The van der Waals surface area contributed by atoms with Crippen molar-refractivity contribution in [3.8, 4) is 0 Å². The zero-order valence-electron chi connectivity index (χ0n) is 12.4. The van der Waals surface area contributed by atoms with Gasteiger partial charge in [-0.25, -0.2) is 8.42 Å². The lowest BCUT2D eigenvalue weighted by atomic mass is 9.98. The van der Waals surface area contributed by atoms with Crippen LogP contribution in [-0.4, -0.2) is 55.8 Å². The summed E-state index contributed by atoms with van der Waals surface area (Å²) in [6, 6.07) is 3.57. The van der Waals surface area contributed by atoms with Gasteiger partial charge in [-0.05, 0) is 38.6 Å². The van der Waals surface area contributed by atoms with Crippen LogP contribution in [0.25, 0.3) is 0 Å². The molecule has 0 aromatic carbocycles. The van der Waals surface area contributed by atoms with Gasteiger partial charge in [0.15, 0.2) is 0 Å². The molecule has 2 rings (SSSR count). The number of sulfonamides is 1. The van der Waals surface area contributed by atoms with E-state index in [4.69, 9.17) is 0 Å². The number of aromatic nitrogens is 1. The maximum Gasteiger partial charge on any atom is 0.244 e. The highest BCUT2D eigenvalue weighted by Gasteiger charge is 2.39. The predicted octanol–water partition coefficient (Wildman–Crippen LogP) is 1.43. The topological polar surface area (TPSA) is 53.5 Å². The first-order valence-corrected chi connectivity index (χ1v) is 8.47. The Morgan fingerprint density at radius 2 is 2.15 bits per heavy atom. The van der Waals surface area contributed by atoms with Gasteiger partial charge in [-0.2, -0.15) is 4.31 Å². The van der Waals surface area contributed by atoms with Crippen LogP contribution in [-0.2, 0) is 10.0 Å². The molecule has 5 nitrogen and oxygen atoms in total. The Morgan fingerprint density at radius 1 is 1.40 bits per heavy atom. The normalized spacial score (nSPS) is 24.4. The Balaban J connectivity index is 2.22. The van der Waals surface area contributed by atoms with E-state index < -0.39 is 10.0 Å². The second kappa shape index (κ2) is 6.20. The van der Waals surface area contributed by atoms with Crippen LogP contribution >= 0.6 is 0 Å². The van der Waals surface area contributed by atoms with Crippen LogP contribution in [0.15, 0.2) is 29.4 Å². The van der Waals surface area contributed by atoms with Crippen LogP contribution in [0.4, 0.5) is 0 Å². The Bertz CT molecular complexity index is 531. The van der Waals surface area contributed by atoms with Gasteiger partial charge >= 0.3 is 0 Å². The average Bonchev–Trinajstić information content (AvgIpc) is 2.85. The molecule has 1 fully saturated rings. The van der Waals surface area contributed by atoms with Crippen molar-refractivity contribution in [2.24, 2.45) is 5.92 Å². The number of nitrogens with zero attached hydrogens (tertiary/aromatic N) is 3. The third-order valence-electron chi connectivity index (χ3n) is 3.97. The summed E-state index contributed by atoms with van der Waals surface area (Å²) in [5.41, 5.74) is 0. The van der Waals surface area contributed by atoms with Gasteiger partial charge in [0, 0.05) is 31.5 Å². The average molecular weight is 297 g/mol. The molecule has 0 N–H and O–H groups in total. The van der Waals surface area contributed by atoms with E-state index in [0.717, 1.165) is 12.8 Å². The van der Waals surface area contributed by atoms with Crippen LogP contribution in [0.2, 0.25) is 0 Å². The fraction of sp³-hybridized carbons (Fsp3) is 0.643. The molecule has 6 heteroatoms. The van der Waals surface area contributed by atoms with E-state index in [2.05, 4.69) is 16.8 Å². The number of hydrogen-bond donors (Lipinski definition) is 0. The Labute approximate surface area is 121 Å². The van der Waals surface area contributed by atoms with Crippen molar-refractivity contribution in [1.82, 2.24) is 14.2 Å². The molecule has 2 atom stereocenters. The number of pyridine rings is 1. The lowest BCUT2D eigenvalue weighted by Gasteiger charge is -2.24. The second-order valence-electron chi connectivity index (χ2n) is 5.59. The van der Waals surface area contributed by atoms with Crippen LogP contribution in [0, 0.1) is 5.92 Å². The minimum atomic E-state index is -3.41. The van der Waals surface area contributed by atoms with E-state index in [1.54, 1.807) is 22.6 Å². The number of hydrogen-bond acceptors (Lipinski definition) is 4. The van der Waals surface area contributed by atoms with Crippen LogP contribution in [0.3, 0.4) is 0 Å². The molecule has 0 amide bonds. The highest BCUT2D eigenvalue weighted by Crippen LogP contribution is 2.29. The van der Waals surface area contributed by atoms with Gasteiger partial charge < -0.3 is 4.90 Å². The van der Waals surface area contributed by atoms with E-state index >= 15 is 0 Å². The van der Waals surface area contributed by atoms with Gasteiger partial charge in [0.25, 0.3) is 0 Å². The molecule has 0 radical (unpaired) electrons. The number of rotatable bonds is 5. The fourth-order valence-corrected chi connectivity index (χ4v) is 4.38. The van der Waals surface area contributed by atoms with E-state index in [1.165, 1.54) is 6.20 Å². The Morgan fingerprint density at radius 3 is 2.70 bits per heavy atom. The zero-order chi connectivity index (χ0) is 14.8. The molecule has 1 aliphatic heterocycles. The standard InChI is InChI=1S/C14H23N3O2S/c1-4-6-12-10-17(11-14(12)16(2)3)20(18,19)13-7-5-8-15-9-13/h5,7-9,12,14H,4,6,10-11H2,1-3H3. The van der Waals surface area contributed by atoms with Gasteiger partial charge in [-0.3, -0.25) is 4.98 Å². The minimum absolute atomic E-state index is 0.287. The molecule has 0 aliphatic carbocycles. The van der Waals surface area contributed by atoms with Gasteiger partial charge in [0.05, 0.1) is 0 Å². The number of likely N-dealkylation sites (N-methyl/N-ethyl adjacent to an activating group) is 1. The molecule has 1 saturated heterocycles. The first kappa shape index (κ1) is 15.4. The summed E-state index contributed by atoms with van der Waals surface area (Å²) in [5.74, 6) is 0.404. The Kier molecular flexibility index (Phi) is 4.78. The minimum Gasteiger partial charge on any atom is -0.305 e. The summed E-state index contributed by atoms with van der Waals surface area (Å²) in [4.78, 5) is 6.34.